The molecule has 2 rings (SSSR count). The van der Waals surface area contributed by atoms with Gasteiger partial charge in [-0.3, -0.25) is 0 Å². The van der Waals surface area contributed by atoms with Crippen LogP contribution in [0.1, 0.15) is 34.1 Å². The Morgan fingerprint density at radius 1 is 1.25 bits per heavy atom. The van der Waals surface area contributed by atoms with E-state index in [0.29, 0.717) is 18.0 Å². The fourth-order valence-electron chi connectivity index (χ4n) is 3.23. The number of piperidine rings is 1. The first-order valence-corrected chi connectivity index (χ1v) is 7.90. The van der Waals surface area contributed by atoms with Crippen molar-refractivity contribution in [1.82, 2.24) is 5.32 Å². The van der Waals surface area contributed by atoms with E-state index in [1.54, 1.807) is 0 Å². The SMILES string of the molecule is CCNC1CCN(c2ccccc2OCC)C(C)C1C. The molecular weight excluding hydrogens is 248 g/mol. The minimum Gasteiger partial charge on any atom is -0.492 e. The minimum absolute atomic E-state index is 0.523. The molecule has 0 radical (unpaired) electrons. The molecule has 1 aromatic rings. The Kier molecular flexibility index (Phi) is 5.30. The van der Waals surface area contributed by atoms with Crippen molar-refractivity contribution in [3.05, 3.63) is 24.3 Å². The maximum absolute atomic E-state index is 5.79. The Labute approximate surface area is 123 Å². The van der Waals surface area contributed by atoms with Gasteiger partial charge in [-0.25, -0.2) is 0 Å². The molecule has 0 bridgehead atoms. The second-order valence-electron chi connectivity index (χ2n) is 5.65. The van der Waals surface area contributed by atoms with Crippen LogP contribution in [0, 0.1) is 5.92 Å². The largest absolute Gasteiger partial charge is 0.492 e. The van der Waals surface area contributed by atoms with Crippen molar-refractivity contribution in [3.8, 4) is 5.75 Å². The number of hydrogen-bond donors (Lipinski definition) is 1. The van der Waals surface area contributed by atoms with Gasteiger partial charge in [-0.05, 0) is 44.9 Å². The Hall–Kier alpha value is -1.22. The zero-order valence-electron chi connectivity index (χ0n) is 13.2. The van der Waals surface area contributed by atoms with Crippen LogP contribution in [0.2, 0.25) is 0 Å². The summed E-state index contributed by atoms with van der Waals surface area (Å²) in [6, 6.07) is 9.56. The van der Waals surface area contributed by atoms with E-state index in [9.17, 15) is 0 Å². The standard InChI is InChI=1S/C17H28N2O/c1-5-18-15-11-12-19(14(4)13(15)3)16-9-7-8-10-17(16)20-6-2/h7-10,13-15,18H,5-6,11-12H2,1-4H3. The monoisotopic (exact) mass is 276 g/mol. The third kappa shape index (κ3) is 3.09. The summed E-state index contributed by atoms with van der Waals surface area (Å²) in [6.45, 7) is 11.8. The Morgan fingerprint density at radius 3 is 2.70 bits per heavy atom. The normalized spacial score (nSPS) is 26.6. The minimum atomic E-state index is 0.523. The molecule has 1 saturated heterocycles. The second-order valence-corrected chi connectivity index (χ2v) is 5.65. The second kappa shape index (κ2) is 6.98. The lowest BCUT2D eigenvalue weighted by Gasteiger charge is -2.44. The van der Waals surface area contributed by atoms with Crippen molar-refractivity contribution in [2.24, 2.45) is 5.92 Å². The first kappa shape index (κ1) is 15.2. The summed E-state index contributed by atoms with van der Waals surface area (Å²) in [5.74, 6) is 1.65. The van der Waals surface area contributed by atoms with Crippen molar-refractivity contribution in [3.63, 3.8) is 0 Å². The number of anilines is 1. The molecule has 0 aromatic heterocycles. The van der Waals surface area contributed by atoms with E-state index >= 15 is 0 Å². The van der Waals surface area contributed by atoms with Crippen molar-refractivity contribution >= 4 is 5.69 Å². The lowest BCUT2D eigenvalue weighted by atomic mass is 9.86. The number of hydrogen-bond acceptors (Lipinski definition) is 3. The van der Waals surface area contributed by atoms with E-state index in [-0.39, 0.29) is 0 Å². The van der Waals surface area contributed by atoms with E-state index in [1.165, 1.54) is 12.1 Å². The molecule has 3 unspecified atom stereocenters. The van der Waals surface area contributed by atoms with Crippen molar-refractivity contribution < 1.29 is 4.74 Å². The number of benzene rings is 1. The van der Waals surface area contributed by atoms with Gasteiger partial charge >= 0.3 is 0 Å². The molecular formula is C17H28N2O. The molecule has 3 heteroatoms. The average molecular weight is 276 g/mol. The number of ether oxygens (including phenoxy) is 1. The summed E-state index contributed by atoms with van der Waals surface area (Å²) in [4.78, 5) is 2.50. The summed E-state index contributed by atoms with van der Waals surface area (Å²) in [5, 5.41) is 3.62. The fourth-order valence-corrected chi connectivity index (χ4v) is 3.23. The van der Waals surface area contributed by atoms with Crippen molar-refractivity contribution in [1.29, 1.82) is 0 Å². The van der Waals surface area contributed by atoms with Gasteiger partial charge in [0.2, 0.25) is 0 Å². The van der Waals surface area contributed by atoms with Crippen LogP contribution in [-0.4, -0.2) is 31.8 Å². The van der Waals surface area contributed by atoms with Crippen LogP contribution in [0.4, 0.5) is 5.69 Å². The quantitative estimate of drug-likeness (QED) is 0.893. The lowest BCUT2D eigenvalue weighted by molar-refractivity contribution is 0.270. The van der Waals surface area contributed by atoms with Crippen LogP contribution in [0.3, 0.4) is 0 Å². The number of para-hydroxylation sites is 2. The van der Waals surface area contributed by atoms with Gasteiger partial charge in [0.15, 0.2) is 0 Å². The van der Waals surface area contributed by atoms with Crippen LogP contribution in [-0.2, 0) is 0 Å². The first-order chi connectivity index (χ1) is 9.69. The van der Waals surface area contributed by atoms with E-state index in [4.69, 9.17) is 4.74 Å². The topological polar surface area (TPSA) is 24.5 Å². The third-order valence-corrected chi connectivity index (χ3v) is 4.51. The summed E-state index contributed by atoms with van der Waals surface area (Å²) < 4.78 is 5.79. The van der Waals surface area contributed by atoms with Gasteiger partial charge in [0, 0.05) is 18.6 Å². The van der Waals surface area contributed by atoms with Gasteiger partial charge in [-0.1, -0.05) is 26.0 Å². The van der Waals surface area contributed by atoms with Gasteiger partial charge in [0.25, 0.3) is 0 Å². The summed E-state index contributed by atoms with van der Waals surface area (Å²) in [5.41, 5.74) is 1.24. The number of nitrogens with one attached hydrogen (secondary N) is 1. The van der Waals surface area contributed by atoms with E-state index < -0.39 is 0 Å². The Bertz CT molecular complexity index is 421. The number of rotatable bonds is 5. The fraction of sp³-hybridized carbons (Fsp3) is 0.647. The van der Waals surface area contributed by atoms with Gasteiger partial charge < -0.3 is 15.0 Å². The Balaban J connectivity index is 2.18. The molecule has 112 valence electrons. The van der Waals surface area contributed by atoms with Crippen molar-refractivity contribution in [2.45, 2.75) is 46.2 Å². The van der Waals surface area contributed by atoms with Crippen molar-refractivity contribution in [2.75, 3.05) is 24.6 Å². The maximum atomic E-state index is 5.79. The third-order valence-electron chi connectivity index (χ3n) is 4.51. The lowest BCUT2D eigenvalue weighted by Crippen LogP contribution is -2.53. The van der Waals surface area contributed by atoms with E-state index in [0.717, 1.165) is 25.4 Å². The molecule has 3 nitrogen and oxygen atoms in total. The molecule has 1 N–H and O–H groups in total. The zero-order valence-corrected chi connectivity index (χ0v) is 13.2. The predicted molar refractivity (Wildman–Crippen MR) is 85.7 cm³/mol. The molecule has 0 spiro atoms. The maximum Gasteiger partial charge on any atom is 0.142 e. The average Bonchev–Trinajstić information content (AvgIpc) is 2.46. The van der Waals surface area contributed by atoms with Crippen LogP contribution in [0.5, 0.6) is 5.75 Å². The highest BCUT2D eigenvalue weighted by atomic mass is 16.5. The molecule has 1 aromatic carbocycles. The summed E-state index contributed by atoms with van der Waals surface area (Å²) in [7, 11) is 0. The molecule has 3 atom stereocenters. The van der Waals surface area contributed by atoms with Gasteiger partial charge in [-0.2, -0.15) is 0 Å². The molecule has 1 heterocycles. The number of nitrogens with zero attached hydrogens (tertiary/aromatic N) is 1. The highest BCUT2D eigenvalue weighted by molar-refractivity contribution is 5.59. The highest BCUT2D eigenvalue weighted by Gasteiger charge is 2.32. The molecule has 0 amide bonds. The predicted octanol–water partition coefficient (Wildman–Crippen LogP) is 3.30. The van der Waals surface area contributed by atoms with Crippen LogP contribution < -0.4 is 15.0 Å². The smallest absolute Gasteiger partial charge is 0.142 e. The van der Waals surface area contributed by atoms with E-state index in [1.807, 2.05) is 13.0 Å². The van der Waals surface area contributed by atoms with Gasteiger partial charge in [0.1, 0.15) is 5.75 Å². The first-order valence-electron chi connectivity index (χ1n) is 7.90. The van der Waals surface area contributed by atoms with Gasteiger partial charge in [-0.15, -0.1) is 0 Å². The molecule has 0 saturated carbocycles. The molecule has 0 aliphatic carbocycles. The summed E-state index contributed by atoms with van der Waals surface area (Å²) >= 11 is 0. The van der Waals surface area contributed by atoms with Crippen LogP contribution in [0.25, 0.3) is 0 Å². The molecule has 20 heavy (non-hydrogen) atoms. The van der Waals surface area contributed by atoms with Gasteiger partial charge in [0.05, 0.1) is 12.3 Å². The molecule has 1 aliphatic rings. The molecule has 1 aliphatic heterocycles. The summed E-state index contributed by atoms with van der Waals surface area (Å²) in [6.07, 6.45) is 1.19. The highest BCUT2D eigenvalue weighted by Crippen LogP contribution is 2.34. The van der Waals surface area contributed by atoms with Crippen LogP contribution >= 0.6 is 0 Å². The zero-order chi connectivity index (χ0) is 14.5. The Morgan fingerprint density at radius 2 is 2.00 bits per heavy atom. The molecule has 1 fully saturated rings. The van der Waals surface area contributed by atoms with Crippen LogP contribution in [0.15, 0.2) is 24.3 Å². The van der Waals surface area contributed by atoms with E-state index in [2.05, 4.69) is 49.2 Å².